The van der Waals surface area contributed by atoms with Crippen LogP contribution in [0.15, 0.2) is 17.5 Å². The Morgan fingerprint density at radius 3 is 2.78 bits per heavy atom. The molecule has 1 aromatic rings. The van der Waals surface area contributed by atoms with E-state index in [1.165, 1.54) is 4.88 Å². The first kappa shape index (κ1) is 15.1. The van der Waals surface area contributed by atoms with Crippen molar-refractivity contribution >= 4 is 17.2 Å². The molecule has 0 aliphatic carbocycles. The van der Waals surface area contributed by atoms with Gasteiger partial charge in [0.25, 0.3) is 0 Å². The fraction of sp³-hybridized carbons (Fsp3) is 0.615. The van der Waals surface area contributed by atoms with Crippen LogP contribution in [0, 0.1) is 5.92 Å². The number of hydrogen-bond acceptors (Lipinski definition) is 4. The minimum Gasteiger partial charge on any atom is -0.395 e. The van der Waals surface area contributed by atoms with Gasteiger partial charge in [0.2, 0.25) is 5.91 Å². The van der Waals surface area contributed by atoms with Gasteiger partial charge in [-0.05, 0) is 24.4 Å². The van der Waals surface area contributed by atoms with Gasteiger partial charge in [-0.1, -0.05) is 19.9 Å². The molecule has 1 atom stereocenters. The number of thiophene rings is 1. The standard InChI is InChI=1S/C13H22N2O2S/c1-10(2)13(11-5-4-8-18-11)14-12(17)9-15(3)6-7-16/h4-5,8,10,13,16H,6-7,9H2,1-3H3,(H,14,17). The van der Waals surface area contributed by atoms with E-state index in [0.717, 1.165) is 0 Å². The van der Waals surface area contributed by atoms with Crippen molar-refractivity contribution in [2.75, 3.05) is 26.7 Å². The fourth-order valence-electron chi connectivity index (χ4n) is 1.75. The average Bonchev–Trinajstić information content (AvgIpc) is 2.78. The van der Waals surface area contributed by atoms with E-state index in [-0.39, 0.29) is 18.6 Å². The summed E-state index contributed by atoms with van der Waals surface area (Å²) in [5, 5.41) is 13.9. The number of rotatable bonds is 7. The van der Waals surface area contributed by atoms with Crippen LogP contribution in [0.3, 0.4) is 0 Å². The summed E-state index contributed by atoms with van der Waals surface area (Å²) in [7, 11) is 1.82. The van der Waals surface area contributed by atoms with Gasteiger partial charge in [0, 0.05) is 11.4 Å². The lowest BCUT2D eigenvalue weighted by molar-refractivity contribution is -0.123. The normalized spacial score (nSPS) is 13.0. The first-order chi connectivity index (χ1) is 8.54. The second kappa shape index (κ2) is 7.51. The Bertz CT molecular complexity index is 352. The lowest BCUT2D eigenvalue weighted by Crippen LogP contribution is -2.39. The summed E-state index contributed by atoms with van der Waals surface area (Å²) in [5.74, 6) is 0.355. The van der Waals surface area contributed by atoms with Crippen LogP contribution in [0.25, 0.3) is 0 Å². The van der Waals surface area contributed by atoms with Crippen molar-refractivity contribution in [3.8, 4) is 0 Å². The van der Waals surface area contributed by atoms with Crippen molar-refractivity contribution in [1.29, 1.82) is 0 Å². The number of nitrogens with zero attached hydrogens (tertiary/aromatic N) is 1. The topological polar surface area (TPSA) is 52.6 Å². The summed E-state index contributed by atoms with van der Waals surface area (Å²) in [6.07, 6.45) is 0. The molecule has 102 valence electrons. The molecule has 0 radical (unpaired) electrons. The van der Waals surface area contributed by atoms with Gasteiger partial charge in [0.15, 0.2) is 0 Å². The molecule has 1 unspecified atom stereocenters. The number of aliphatic hydroxyl groups is 1. The summed E-state index contributed by atoms with van der Waals surface area (Å²) in [4.78, 5) is 14.9. The molecular weight excluding hydrogens is 248 g/mol. The van der Waals surface area contributed by atoms with E-state index < -0.39 is 0 Å². The van der Waals surface area contributed by atoms with E-state index in [0.29, 0.717) is 19.0 Å². The Balaban J connectivity index is 2.54. The van der Waals surface area contributed by atoms with Crippen LogP contribution in [0.2, 0.25) is 0 Å². The molecule has 0 aliphatic heterocycles. The molecule has 18 heavy (non-hydrogen) atoms. The van der Waals surface area contributed by atoms with E-state index >= 15 is 0 Å². The summed E-state index contributed by atoms with van der Waals surface area (Å²) in [6, 6.07) is 4.12. The molecule has 0 fully saturated rings. The van der Waals surface area contributed by atoms with Gasteiger partial charge in [0.1, 0.15) is 0 Å². The number of nitrogens with one attached hydrogen (secondary N) is 1. The van der Waals surface area contributed by atoms with Crippen LogP contribution in [0.1, 0.15) is 24.8 Å². The second-order valence-corrected chi connectivity index (χ2v) is 5.75. The molecule has 5 heteroatoms. The van der Waals surface area contributed by atoms with Crippen LogP contribution in [-0.2, 0) is 4.79 Å². The number of carbonyl (C=O) groups is 1. The summed E-state index contributed by atoms with van der Waals surface area (Å²) in [6.45, 7) is 5.10. The first-order valence-corrected chi connectivity index (χ1v) is 7.04. The Hall–Kier alpha value is -0.910. The van der Waals surface area contributed by atoms with Crippen molar-refractivity contribution in [2.24, 2.45) is 5.92 Å². The third-order valence-electron chi connectivity index (χ3n) is 2.73. The molecule has 1 rings (SSSR count). The predicted octanol–water partition coefficient (Wildman–Crippen LogP) is 1.49. The molecule has 0 aliphatic rings. The minimum absolute atomic E-state index is 0.00181. The van der Waals surface area contributed by atoms with E-state index in [1.54, 1.807) is 16.2 Å². The fourth-order valence-corrected chi connectivity index (χ4v) is 2.70. The Labute approximate surface area is 113 Å². The van der Waals surface area contributed by atoms with Crippen LogP contribution in [-0.4, -0.2) is 42.7 Å². The molecule has 0 aromatic carbocycles. The highest BCUT2D eigenvalue weighted by molar-refractivity contribution is 7.10. The minimum atomic E-state index is -0.00181. The van der Waals surface area contributed by atoms with Crippen molar-refractivity contribution < 1.29 is 9.90 Å². The van der Waals surface area contributed by atoms with E-state index in [4.69, 9.17) is 5.11 Å². The first-order valence-electron chi connectivity index (χ1n) is 6.16. The predicted molar refractivity (Wildman–Crippen MR) is 74.6 cm³/mol. The Morgan fingerprint density at radius 2 is 2.28 bits per heavy atom. The average molecular weight is 270 g/mol. The number of aliphatic hydroxyl groups excluding tert-OH is 1. The molecule has 1 aromatic heterocycles. The van der Waals surface area contributed by atoms with Gasteiger partial charge in [-0.25, -0.2) is 0 Å². The molecular formula is C13H22N2O2S. The SMILES string of the molecule is CC(C)C(NC(=O)CN(C)CCO)c1cccs1. The van der Waals surface area contributed by atoms with Crippen LogP contribution >= 0.6 is 11.3 Å². The Morgan fingerprint density at radius 1 is 1.56 bits per heavy atom. The maximum atomic E-state index is 11.9. The van der Waals surface area contributed by atoms with Crippen molar-refractivity contribution in [1.82, 2.24) is 10.2 Å². The molecule has 2 N–H and O–H groups in total. The van der Waals surface area contributed by atoms with Gasteiger partial charge >= 0.3 is 0 Å². The van der Waals surface area contributed by atoms with Gasteiger partial charge in [0.05, 0.1) is 19.2 Å². The van der Waals surface area contributed by atoms with E-state index in [2.05, 4.69) is 19.2 Å². The van der Waals surface area contributed by atoms with Gasteiger partial charge in [-0.2, -0.15) is 0 Å². The highest BCUT2D eigenvalue weighted by atomic mass is 32.1. The van der Waals surface area contributed by atoms with Crippen molar-refractivity contribution in [2.45, 2.75) is 19.9 Å². The maximum Gasteiger partial charge on any atom is 0.234 e. The third-order valence-corrected chi connectivity index (χ3v) is 3.68. The second-order valence-electron chi connectivity index (χ2n) is 4.77. The van der Waals surface area contributed by atoms with Gasteiger partial charge in [-0.15, -0.1) is 11.3 Å². The van der Waals surface area contributed by atoms with Crippen LogP contribution in [0.4, 0.5) is 0 Å². The van der Waals surface area contributed by atoms with Gasteiger partial charge in [-0.3, -0.25) is 9.69 Å². The number of carbonyl (C=O) groups excluding carboxylic acids is 1. The van der Waals surface area contributed by atoms with E-state index in [1.807, 2.05) is 24.6 Å². The smallest absolute Gasteiger partial charge is 0.234 e. The lowest BCUT2D eigenvalue weighted by Gasteiger charge is -2.23. The zero-order chi connectivity index (χ0) is 13.5. The zero-order valence-electron chi connectivity index (χ0n) is 11.2. The molecule has 0 saturated carbocycles. The highest BCUT2D eigenvalue weighted by Crippen LogP contribution is 2.25. The number of hydrogen-bond donors (Lipinski definition) is 2. The lowest BCUT2D eigenvalue weighted by atomic mass is 10.0. The molecule has 0 bridgehead atoms. The summed E-state index contributed by atoms with van der Waals surface area (Å²) in [5.41, 5.74) is 0. The molecule has 1 heterocycles. The molecule has 0 saturated heterocycles. The van der Waals surface area contributed by atoms with Crippen molar-refractivity contribution in [3.05, 3.63) is 22.4 Å². The zero-order valence-corrected chi connectivity index (χ0v) is 12.0. The maximum absolute atomic E-state index is 11.9. The summed E-state index contributed by atoms with van der Waals surface area (Å²) < 4.78 is 0. The van der Waals surface area contributed by atoms with Crippen LogP contribution < -0.4 is 5.32 Å². The molecule has 4 nitrogen and oxygen atoms in total. The Kier molecular flexibility index (Phi) is 6.32. The van der Waals surface area contributed by atoms with Crippen molar-refractivity contribution in [3.63, 3.8) is 0 Å². The van der Waals surface area contributed by atoms with Gasteiger partial charge < -0.3 is 10.4 Å². The van der Waals surface area contributed by atoms with Crippen LogP contribution in [0.5, 0.6) is 0 Å². The number of likely N-dealkylation sites (N-methyl/N-ethyl adjacent to an activating group) is 1. The quantitative estimate of drug-likeness (QED) is 0.789. The van der Waals surface area contributed by atoms with E-state index in [9.17, 15) is 4.79 Å². The summed E-state index contributed by atoms with van der Waals surface area (Å²) >= 11 is 1.66. The third kappa shape index (κ3) is 4.76. The monoisotopic (exact) mass is 270 g/mol. The largest absolute Gasteiger partial charge is 0.395 e. The highest BCUT2D eigenvalue weighted by Gasteiger charge is 2.19. The number of amides is 1. The molecule has 0 spiro atoms. The molecule has 1 amide bonds.